The van der Waals surface area contributed by atoms with Gasteiger partial charge in [-0.15, -0.1) is 0 Å². The van der Waals surface area contributed by atoms with Crippen LogP contribution in [0.3, 0.4) is 0 Å². The summed E-state index contributed by atoms with van der Waals surface area (Å²) in [6.07, 6.45) is 8.90. The molecular weight excluding hydrogens is 218 g/mol. The second kappa shape index (κ2) is 4.86. The van der Waals surface area contributed by atoms with Crippen LogP contribution >= 0.6 is 0 Å². The Morgan fingerprint density at radius 3 is 3.18 bits per heavy atom. The number of esters is 1. The van der Waals surface area contributed by atoms with E-state index in [0.717, 1.165) is 5.70 Å². The third-order valence-electron chi connectivity index (χ3n) is 2.26. The van der Waals surface area contributed by atoms with E-state index in [-0.39, 0.29) is 11.9 Å². The molecule has 2 aliphatic heterocycles. The molecule has 0 radical (unpaired) electrons. The second-order valence-corrected chi connectivity index (χ2v) is 4.23. The smallest absolute Gasteiger partial charge is 0.311 e. The first-order chi connectivity index (χ1) is 8.16. The summed E-state index contributed by atoms with van der Waals surface area (Å²) >= 11 is 0. The molecule has 2 rings (SSSR count). The van der Waals surface area contributed by atoms with Crippen molar-refractivity contribution in [1.29, 1.82) is 0 Å². The zero-order valence-electron chi connectivity index (χ0n) is 9.88. The predicted molar refractivity (Wildman–Crippen MR) is 64.3 cm³/mol. The van der Waals surface area contributed by atoms with Gasteiger partial charge in [0.05, 0.1) is 6.21 Å². The van der Waals surface area contributed by atoms with Crippen LogP contribution in [-0.4, -0.2) is 17.2 Å². The fraction of sp³-hybridized carbons (Fsp3) is 0.333. The molecule has 0 amide bonds. The van der Waals surface area contributed by atoms with Crippen molar-refractivity contribution in [3.05, 3.63) is 36.1 Å². The summed E-state index contributed by atoms with van der Waals surface area (Å²) in [5, 5.41) is 1.74. The van der Waals surface area contributed by atoms with Gasteiger partial charge in [-0.05, 0) is 5.92 Å². The summed E-state index contributed by atoms with van der Waals surface area (Å²) in [7, 11) is 0. The van der Waals surface area contributed by atoms with E-state index in [0.29, 0.717) is 12.2 Å². The van der Waals surface area contributed by atoms with Crippen molar-refractivity contribution in [3.8, 4) is 0 Å². The largest absolute Gasteiger partial charge is 0.424 e. The molecule has 0 atom stereocenters. The van der Waals surface area contributed by atoms with Crippen LogP contribution in [0.2, 0.25) is 0 Å². The Hall–Kier alpha value is -2.04. The van der Waals surface area contributed by atoms with Crippen LogP contribution in [0.4, 0.5) is 0 Å². The molecule has 1 N–H and O–H groups in total. The maximum Gasteiger partial charge on any atom is 0.311 e. The molecule has 0 aromatic heterocycles. The lowest BCUT2D eigenvalue weighted by Gasteiger charge is -2.27. The topological polar surface area (TPSA) is 53.9 Å². The van der Waals surface area contributed by atoms with Crippen molar-refractivity contribution in [2.24, 2.45) is 10.9 Å². The number of nitrogens with one attached hydrogen (secondary N) is 1. The number of hydrazine groups is 1. The highest BCUT2D eigenvalue weighted by Gasteiger charge is 2.18. The molecule has 0 aromatic carbocycles. The number of carbonyl (C=O) groups excluding carboxylic acids is 1. The number of fused-ring (bicyclic) bond motifs is 1. The molecule has 0 aliphatic carbocycles. The van der Waals surface area contributed by atoms with E-state index in [9.17, 15) is 4.79 Å². The fourth-order valence-corrected chi connectivity index (χ4v) is 1.52. The van der Waals surface area contributed by atoms with Gasteiger partial charge in [0, 0.05) is 31.1 Å². The van der Waals surface area contributed by atoms with Crippen molar-refractivity contribution < 1.29 is 9.53 Å². The quantitative estimate of drug-likeness (QED) is 0.753. The number of carbonyl (C=O) groups is 1. The van der Waals surface area contributed by atoms with Crippen LogP contribution in [-0.2, 0) is 9.53 Å². The Morgan fingerprint density at radius 1 is 1.59 bits per heavy atom. The van der Waals surface area contributed by atoms with E-state index in [4.69, 9.17) is 4.74 Å². The van der Waals surface area contributed by atoms with E-state index in [1.54, 1.807) is 35.9 Å². The highest BCUT2D eigenvalue weighted by molar-refractivity contribution is 5.82. The molecule has 0 bridgehead atoms. The number of hydrogen-bond donors (Lipinski definition) is 1. The Morgan fingerprint density at radius 2 is 2.41 bits per heavy atom. The molecule has 2 heterocycles. The highest BCUT2D eigenvalue weighted by atomic mass is 16.5. The third kappa shape index (κ3) is 2.75. The average molecular weight is 233 g/mol. The maximum absolute atomic E-state index is 11.6. The number of rotatable bonds is 3. The van der Waals surface area contributed by atoms with Crippen molar-refractivity contribution in [3.63, 3.8) is 0 Å². The Kier molecular flexibility index (Phi) is 3.27. The van der Waals surface area contributed by atoms with Gasteiger partial charge < -0.3 is 10.2 Å². The van der Waals surface area contributed by atoms with Crippen LogP contribution < -0.4 is 5.43 Å². The molecule has 0 saturated heterocycles. The molecule has 5 heteroatoms. The Labute approximate surface area is 100 Å². The van der Waals surface area contributed by atoms with Crippen LogP contribution in [0.15, 0.2) is 41.1 Å². The van der Waals surface area contributed by atoms with Gasteiger partial charge in [-0.1, -0.05) is 13.8 Å². The summed E-state index contributed by atoms with van der Waals surface area (Å²) in [5.74, 6) is 0.578. The summed E-state index contributed by atoms with van der Waals surface area (Å²) in [6, 6.07) is 0. The monoisotopic (exact) mass is 233 g/mol. The molecule has 0 spiro atoms. The first-order valence-electron chi connectivity index (χ1n) is 5.53. The lowest BCUT2D eigenvalue weighted by atomic mass is 10.1. The average Bonchev–Trinajstić information content (AvgIpc) is 2.28. The van der Waals surface area contributed by atoms with Crippen LogP contribution in [0, 0.1) is 5.92 Å². The lowest BCUT2D eigenvalue weighted by molar-refractivity contribution is -0.140. The maximum atomic E-state index is 11.6. The fourth-order valence-electron chi connectivity index (χ4n) is 1.52. The predicted octanol–water partition coefficient (Wildman–Crippen LogP) is 1.68. The minimum absolute atomic E-state index is 0.225. The van der Waals surface area contributed by atoms with Gasteiger partial charge >= 0.3 is 5.97 Å². The molecule has 2 aliphatic rings. The van der Waals surface area contributed by atoms with Crippen LogP contribution in [0.25, 0.3) is 0 Å². The summed E-state index contributed by atoms with van der Waals surface area (Å²) in [4.78, 5) is 15.6. The molecular formula is C12H15N3O2. The Bertz CT molecular complexity index is 433. The van der Waals surface area contributed by atoms with Gasteiger partial charge in [0.1, 0.15) is 5.70 Å². The summed E-state index contributed by atoms with van der Waals surface area (Å²) < 4.78 is 5.32. The second-order valence-electron chi connectivity index (χ2n) is 4.23. The van der Waals surface area contributed by atoms with Gasteiger partial charge in [-0.2, -0.15) is 0 Å². The van der Waals surface area contributed by atoms with E-state index in [1.165, 1.54) is 0 Å². The lowest BCUT2D eigenvalue weighted by Crippen LogP contribution is -2.34. The van der Waals surface area contributed by atoms with Crippen LogP contribution in [0.5, 0.6) is 0 Å². The standard InChI is InChI=1S/C12H15N3O2/c1-9(2)7-12(16)17-11-3-4-14-15-6-5-13-8-10(11)15/h3-6,8-9,14H,7H2,1-2H3. The minimum atomic E-state index is -0.225. The normalized spacial score (nSPS) is 17.2. The molecule has 0 unspecified atom stereocenters. The van der Waals surface area contributed by atoms with Gasteiger partial charge in [0.25, 0.3) is 0 Å². The van der Waals surface area contributed by atoms with Crippen molar-refractivity contribution in [2.75, 3.05) is 0 Å². The number of nitrogens with zero attached hydrogens (tertiary/aromatic N) is 2. The molecule has 90 valence electrons. The zero-order chi connectivity index (χ0) is 12.3. The van der Waals surface area contributed by atoms with Crippen molar-refractivity contribution in [2.45, 2.75) is 20.3 Å². The third-order valence-corrected chi connectivity index (χ3v) is 2.26. The first kappa shape index (κ1) is 11.4. The van der Waals surface area contributed by atoms with E-state index < -0.39 is 0 Å². The van der Waals surface area contributed by atoms with Gasteiger partial charge in [0.2, 0.25) is 0 Å². The summed E-state index contributed by atoms with van der Waals surface area (Å²) in [5.41, 5.74) is 3.72. The van der Waals surface area contributed by atoms with Crippen LogP contribution in [0.1, 0.15) is 20.3 Å². The minimum Gasteiger partial charge on any atom is -0.424 e. The number of allylic oxidation sites excluding steroid dienone is 2. The highest BCUT2D eigenvalue weighted by Crippen LogP contribution is 2.18. The molecule has 0 saturated carbocycles. The van der Waals surface area contributed by atoms with E-state index in [2.05, 4.69) is 10.4 Å². The molecule has 17 heavy (non-hydrogen) atoms. The van der Waals surface area contributed by atoms with Gasteiger partial charge in [-0.25, -0.2) is 0 Å². The van der Waals surface area contributed by atoms with E-state index in [1.807, 2.05) is 13.8 Å². The molecule has 0 aromatic rings. The van der Waals surface area contributed by atoms with E-state index >= 15 is 0 Å². The van der Waals surface area contributed by atoms with Crippen molar-refractivity contribution >= 4 is 12.2 Å². The number of hydrogen-bond acceptors (Lipinski definition) is 5. The summed E-state index contributed by atoms with van der Waals surface area (Å²) in [6.45, 7) is 3.96. The number of aliphatic imine (C=N–C) groups is 1. The molecule has 5 nitrogen and oxygen atoms in total. The number of ether oxygens (including phenoxy) is 1. The van der Waals surface area contributed by atoms with Gasteiger partial charge in [0.15, 0.2) is 5.76 Å². The van der Waals surface area contributed by atoms with Crippen molar-refractivity contribution in [1.82, 2.24) is 10.4 Å². The zero-order valence-corrected chi connectivity index (χ0v) is 9.88. The van der Waals surface area contributed by atoms with Gasteiger partial charge in [-0.3, -0.25) is 14.8 Å². The Balaban J connectivity index is 2.11. The first-order valence-corrected chi connectivity index (χ1v) is 5.53. The SMILES string of the molecule is CC(C)CC(=O)OC1=C2C=NC=CN2NC=C1. The molecule has 0 fully saturated rings.